The van der Waals surface area contributed by atoms with Crippen LogP contribution in [0.5, 0.6) is 0 Å². The van der Waals surface area contributed by atoms with Crippen LogP contribution in [0.25, 0.3) is 0 Å². The Bertz CT molecular complexity index is 126. The van der Waals surface area contributed by atoms with Gasteiger partial charge in [-0.25, -0.2) is 0 Å². The molecule has 2 aliphatic carbocycles. The van der Waals surface area contributed by atoms with Gasteiger partial charge in [-0.1, -0.05) is 45.4 Å². The highest BCUT2D eigenvalue weighted by atomic mass is 14.4. The van der Waals surface area contributed by atoms with Crippen LogP contribution in [-0.4, -0.2) is 0 Å². The molecule has 2 saturated carbocycles. The second-order valence-corrected chi connectivity index (χ2v) is 4.62. The van der Waals surface area contributed by atoms with E-state index in [2.05, 4.69) is 6.92 Å². The lowest BCUT2D eigenvalue weighted by molar-refractivity contribution is 0.114. The standard InChI is InChI=1S/C11H20/c1-9-5-4-7-10-6-2-3-8-11(9)10/h9-11H,2-8H2,1H3/t9-,10-,11-/m1/s1. The van der Waals surface area contributed by atoms with Gasteiger partial charge in [0.15, 0.2) is 0 Å². The van der Waals surface area contributed by atoms with Gasteiger partial charge in [0.2, 0.25) is 0 Å². The van der Waals surface area contributed by atoms with Gasteiger partial charge in [0.25, 0.3) is 0 Å². The summed E-state index contributed by atoms with van der Waals surface area (Å²) in [5.41, 5.74) is 0. The van der Waals surface area contributed by atoms with Crippen molar-refractivity contribution in [2.45, 2.75) is 51.9 Å². The van der Waals surface area contributed by atoms with Crippen molar-refractivity contribution in [2.24, 2.45) is 17.8 Å². The summed E-state index contributed by atoms with van der Waals surface area (Å²) in [6, 6.07) is 0. The highest BCUT2D eigenvalue weighted by Gasteiger charge is 2.31. The smallest absolute Gasteiger partial charge is 0.0360 e. The third kappa shape index (κ3) is 1.45. The SMILES string of the molecule is C[C@@H]1CCC[C@H]2CCCC[C@@H]21. The minimum absolute atomic E-state index is 1.05. The predicted octanol–water partition coefficient (Wildman–Crippen LogP) is 3.61. The van der Waals surface area contributed by atoms with Crippen LogP contribution >= 0.6 is 0 Å². The molecule has 2 aliphatic rings. The molecule has 3 atom stereocenters. The van der Waals surface area contributed by atoms with Crippen LogP contribution in [0, 0.1) is 17.8 Å². The van der Waals surface area contributed by atoms with E-state index in [0.717, 1.165) is 17.8 Å². The van der Waals surface area contributed by atoms with E-state index in [9.17, 15) is 0 Å². The average molecular weight is 152 g/mol. The van der Waals surface area contributed by atoms with Crippen LogP contribution in [0.2, 0.25) is 0 Å². The molecule has 0 unspecified atom stereocenters. The molecule has 64 valence electrons. The first-order valence-electron chi connectivity index (χ1n) is 5.38. The molecule has 0 nitrogen and oxygen atoms in total. The van der Waals surface area contributed by atoms with Gasteiger partial charge in [-0.3, -0.25) is 0 Å². The summed E-state index contributed by atoms with van der Waals surface area (Å²) < 4.78 is 0. The van der Waals surface area contributed by atoms with Crippen LogP contribution in [0.1, 0.15) is 51.9 Å². The van der Waals surface area contributed by atoms with Gasteiger partial charge in [-0.2, -0.15) is 0 Å². The molecule has 0 aromatic heterocycles. The summed E-state index contributed by atoms with van der Waals surface area (Å²) in [4.78, 5) is 0. The van der Waals surface area contributed by atoms with Crippen molar-refractivity contribution in [1.29, 1.82) is 0 Å². The minimum Gasteiger partial charge on any atom is -0.0622 e. The minimum atomic E-state index is 1.05. The summed E-state index contributed by atoms with van der Waals surface area (Å²) in [6.45, 7) is 2.47. The van der Waals surface area contributed by atoms with Gasteiger partial charge >= 0.3 is 0 Å². The molecule has 2 fully saturated rings. The van der Waals surface area contributed by atoms with Crippen LogP contribution in [0.15, 0.2) is 0 Å². The first-order valence-corrected chi connectivity index (χ1v) is 5.38. The molecular weight excluding hydrogens is 132 g/mol. The van der Waals surface area contributed by atoms with Gasteiger partial charge in [0.1, 0.15) is 0 Å². The van der Waals surface area contributed by atoms with Gasteiger partial charge in [0.05, 0.1) is 0 Å². The Balaban J connectivity index is 1.99. The summed E-state index contributed by atoms with van der Waals surface area (Å²) in [5, 5.41) is 0. The van der Waals surface area contributed by atoms with E-state index in [4.69, 9.17) is 0 Å². The number of rotatable bonds is 0. The van der Waals surface area contributed by atoms with E-state index >= 15 is 0 Å². The lowest BCUT2D eigenvalue weighted by atomic mass is 9.66. The Morgan fingerprint density at radius 1 is 0.818 bits per heavy atom. The van der Waals surface area contributed by atoms with E-state index in [1.165, 1.54) is 25.7 Å². The third-order valence-electron chi connectivity index (χ3n) is 3.93. The van der Waals surface area contributed by atoms with E-state index < -0.39 is 0 Å². The zero-order valence-electron chi connectivity index (χ0n) is 7.68. The maximum atomic E-state index is 2.47. The molecule has 0 N–H and O–H groups in total. The second-order valence-electron chi connectivity index (χ2n) is 4.62. The van der Waals surface area contributed by atoms with Crippen molar-refractivity contribution in [3.8, 4) is 0 Å². The molecule has 0 radical (unpaired) electrons. The van der Waals surface area contributed by atoms with Crippen LogP contribution in [0.4, 0.5) is 0 Å². The maximum Gasteiger partial charge on any atom is -0.0360 e. The van der Waals surface area contributed by atoms with Gasteiger partial charge in [0, 0.05) is 0 Å². The molecule has 0 aromatic carbocycles. The molecular formula is C11H20. The van der Waals surface area contributed by atoms with E-state index in [0.29, 0.717) is 0 Å². The molecule has 0 saturated heterocycles. The molecule has 0 heteroatoms. The van der Waals surface area contributed by atoms with E-state index in [1.807, 2.05) is 0 Å². The highest BCUT2D eigenvalue weighted by Crippen LogP contribution is 2.43. The molecule has 0 heterocycles. The first-order chi connectivity index (χ1) is 5.38. The predicted molar refractivity (Wildman–Crippen MR) is 48.5 cm³/mol. The fourth-order valence-corrected chi connectivity index (χ4v) is 3.26. The first kappa shape index (κ1) is 7.64. The maximum absolute atomic E-state index is 2.47. The highest BCUT2D eigenvalue weighted by molar-refractivity contribution is 4.82. The number of hydrogen-bond acceptors (Lipinski definition) is 0. The van der Waals surface area contributed by atoms with Crippen molar-refractivity contribution in [1.82, 2.24) is 0 Å². The Morgan fingerprint density at radius 2 is 1.55 bits per heavy atom. The van der Waals surface area contributed by atoms with Gasteiger partial charge in [-0.05, 0) is 24.2 Å². The van der Waals surface area contributed by atoms with Crippen molar-refractivity contribution in [2.75, 3.05) is 0 Å². The average Bonchev–Trinajstić information content (AvgIpc) is 2.06. The Morgan fingerprint density at radius 3 is 2.36 bits per heavy atom. The summed E-state index contributed by atoms with van der Waals surface area (Å²) in [6.07, 6.45) is 10.7. The van der Waals surface area contributed by atoms with Crippen molar-refractivity contribution >= 4 is 0 Å². The Hall–Kier alpha value is 0. The van der Waals surface area contributed by atoms with Crippen molar-refractivity contribution in [3.63, 3.8) is 0 Å². The van der Waals surface area contributed by atoms with E-state index in [-0.39, 0.29) is 0 Å². The molecule has 0 aliphatic heterocycles. The summed E-state index contributed by atoms with van der Waals surface area (Å²) in [5.74, 6) is 3.30. The summed E-state index contributed by atoms with van der Waals surface area (Å²) in [7, 11) is 0. The van der Waals surface area contributed by atoms with Crippen LogP contribution in [0.3, 0.4) is 0 Å². The monoisotopic (exact) mass is 152 g/mol. The van der Waals surface area contributed by atoms with Gasteiger partial charge in [-0.15, -0.1) is 0 Å². The lowest BCUT2D eigenvalue weighted by Gasteiger charge is -2.39. The molecule has 0 aromatic rings. The largest absolute Gasteiger partial charge is 0.0622 e. The lowest BCUT2D eigenvalue weighted by Crippen LogP contribution is -2.29. The third-order valence-corrected chi connectivity index (χ3v) is 3.93. The quantitative estimate of drug-likeness (QED) is 0.497. The second kappa shape index (κ2) is 3.16. The zero-order chi connectivity index (χ0) is 7.68. The molecule has 2 rings (SSSR count). The summed E-state index contributed by atoms with van der Waals surface area (Å²) >= 11 is 0. The van der Waals surface area contributed by atoms with E-state index in [1.54, 1.807) is 19.3 Å². The van der Waals surface area contributed by atoms with Crippen LogP contribution < -0.4 is 0 Å². The molecule has 0 amide bonds. The zero-order valence-corrected chi connectivity index (χ0v) is 7.68. The van der Waals surface area contributed by atoms with Gasteiger partial charge < -0.3 is 0 Å². The fourth-order valence-electron chi connectivity index (χ4n) is 3.26. The topological polar surface area (TPSA) is 0 Å². The van der Waals surface area contributed by atoms with Crippen molar-refractivity contribution in [3.05, 3.63) is 0 Å². The molecule has 0 bridgehead atoms. The normalized spacial score (nSPS) is 45.0. The Kier molecular flexibility index (Phi) is 2.20. The van der Waals surface area contributed by atoms with Crippen molar-refractivity contribution < 1.29 is 0 Å². The number of fused-ring (bicyclic) bond motifs is 1. The Labute approximate surface area is 70.4 Å². The van der Waals surface area contributed by atoms with Crippen LogP contribution in [-0.2, 0) is 0 Å². The molecule has 11 heavy (non-hydrogen) atoms. The molecule has 0 spiro atoms. The fraction of sp³-hybridized carbons (Fsp3) is 1.00. The number of hydrogen-bond donors (Lipinski definition) is 0.